The zero-order valence-corrected chi connectivity index (χ0v) is 16.7. The molecule has 29 heavy (non-hydrogen) atoms. The number of rotatable bonds is 7. The maximum absolute atomic E-state index is 12.4. The van der Waals surface area contributed by atoms with Crippen LogP contribution in [0.2, 0.25) is 0 Å². The normalized spacial score (nSPS) is 15.0. The largest absolute Gasteiger partial charge is 0.322 e. The Kier molecular flexibility index (Phi) is 7.14. The first-order chi connectivity index (χ1) is 14.0. The Balaban J connectivity index is 1.67. The molecular formula is C23H27N3O3. The first-order valence-corrected chi connectivity index (χ1v) is 10.0. The van der Waals surface area contributed by atoms with Crippen LogP contribution in [0.25, 0.3) is 6.08 Å². The van der Waals surface area contributed by atoms with E-state index in [0.717, 1.165) is 17.8 Å². The number of para-hydroxylation sites is 2. The highest BCUT2D eigenvalue weighted by atomic mass is 16.6. The van der Waals surface area contributed by atoms with Gasteiger partial charge in [0, 0.05) is 30.4 Å². The van der Waals surface area contributed by atoms with E-state index in [9.17, 15) is 14.9 Å². The van der Waals surface area contributed by atoms with Gasteiger partial charge in [0.25, 0.3) is 5.69 Å². The molecule has 0 radical (unpaired) electrons. The van der Waals surface area contributed by atoms with Crippen LogP contribution in [0.15, 0.2) is 54.6 Å². The Bertz CT molecular complexity index is 888. The van der Waals surface area contributed by atoms with E-state index in [2.05, 4.69) is 17.3 Å². The third-order valence-corrected chi connectivity index (χ3v) is 5.44. The fourth-order valence-electron chi connectivity index (χ4n) is 3.83. The van der Waals surface area contributed by atoms with Crippen molar-refractivity contribution in [2.45, 2.75) is 44.7 Å². The maximum Gasteiger partial charge on any atom is 0.276 e. The maximum atomic E-state index is 12.4. The fourth-order valence-corrected chi connectivity index (χ4v) is 3.83. The first-order valence-electron chi connectivity index (χ1n) is 10.0. The molecule has 2 aromatic carbocycles. The minimum Gasteiger partial charge on any atom is -0.322 e. The van der Waals surface area contributed by atoms with Gasteiger partial charge >= 0.3 is 0 Å². The number of nitro groups is 1. The molecule has 1 aliphatic rings. The van der Waals surface area contributed by atoms with Crippen LogP contribution in [0.5, 0.6) is 0 Å². The molecule has 1 saturated carbocycles. The summed E-state index contributed by atoms with van der Waals surface area (Å²) < 4.78 is 0. The van der Waals surface area contributed by atoms with Crippen molar-refractivity contribution in [2.75, 3.05) is 12.4 Å². The summed E-state index contributed by atoms with van der Waals surface area (Å²) in [4.78, 5) is 25.4. The molecule has 1 amide bonds. The molecule has 0 unspecified atom stereocenters. The van der Waals surface area contributed by atoms with Crippen molar-refractivity contribution in [1.82, 2.24) is 4.90 Å². The number of hydrogen-bond donors (Lipinski definition) is 1. The van der Waals surface area contributed by atoms with Crippen molar-refractivity contribution in [2.24, 2.45) is 0 Å². The van der Waals surface area contributed by atoms with Crippen LogP contribution in [0, 0.1) is 10.1 Å². The zero-order chi connectivity index (χ0) is 20.6. The molecule has 0 spiro atoms. The van der Waals surface area contributed by atoms with Gasteiger partial charge in [-0.1, -0.05) is 49.6 Å². The van der Waals surface area contributed by atoms with Gasteiger partial charge in [-0.3, -0.25) is 19.8 Å². The summed E-state index contributed by atoms with van der Waals surface area (Å²) in [6.45, 7) is 0.773. The van der Waals surface area contributed by atoms with E-state index in [0.29, 0.717) is 11.6 Å². The Hall–Kier alpha value is -2.99. The van der Waals surface area contributed by atoms with Crippen molar-refractivity contribution in [3.8, 4) is 0 Å². The summed E-state index contributed by atoms with van der Waals surface area (Å²) in [5, 5.41) is 14.0. The highest BCUT2D eigenvalue weighted by Gasteiger charge is 2.19. The lowest BCUT2D eigenvalue weighted by molar-refractivity contribution is -0.385. The molecule has 1 aliphatic carbocycles. The molecule has 0 bridgehead atoms. The minimum atomic E-state index is -0.450. The van der Waals surface area contributed by atoms with Crippen LogP contribution in [0.3, 0.4) is 0 Å². The van der Waals surface area contributed by atoms with E-state index in [1.54, 1.807) is 18.2 Å². The SMILES string of the molecule is CN(Cc1ccccc1NC(=O)/C=C/c1ccccc1[N+](=O)[O-])C1CCCCC1. The van der Waals surface area contributed by atoms with E-state index in [1.807, 2.05) is 24.3 Å². The molecule has 152 valence electrons. The van der Waals surface area contributed by atoms with Crippen molar-refractivity contribution in [3.63, 3.8) is 0 Å². The third kappa shape index (κ3) is 5.74. The highest BCUT2D eigenvalue weighted by molar-refractivity contribution is 6.02. The molecule has 6 nitrogen and oxygen atoms in total. The third-order valence-electron chi connectivity index (χ3n) is 5.44. The smallest absolute Gasteiger partial charge is 0.276 e. The number of amides is 1. The molecular weight excluding hydrogens is 366 g/mol. The fraction of sp³-hybridized carbons (Fsp3) is 0.348. The van der Waals surface area contributed by atoms with Gasteiger partial charge in [-0.05, 0) is 43.7 Å². The second kappa shape index (κ2) is 9.98. The van der Waals surface area contributed by atoms with Crippen molar-refractivity contribution in [3.05, 3.63) is 75.8 Å². The van der Waals surface area contributed by atoms with Crippen molar-refractivity contribution >= 4 is 23.4 Å². The van der Waals surface area contributed by atoms with E-state index in [4.69, 9.17) is 0 Å². The van der Waals surface area contributed by atoms with Crippen LogP contribution in [-0.2, 0) is 11.3 Å². The predicted octanol–water partition coefficient (Wildman–Crippen LogP) is 5.01. The minimum absolute atomic E-state index is 0.0222. The molecule has 0 aliphatic heterocycles. The first kappa shape index (κ1) is 20.7. The average Bonchev–Trinajstić information content (AvgIpc) is 2.74. The van der Waals surface area contributed by atoms with Gasteiger partial charge in [-0.15, -0.1) is 0 Å². The summed E-state index contributed by atoms with van der Waals surface area (Å²) >= 11 is 0. The van der Waals surface area contributed by atoms with Gasteiger partial charge in [-0.2, -0.15) is 0 Å². The van der Waals surface area contributed by atoms with Gasteiger partial charge in [0.15, 0.2) is 0 Å². The van der Waals surface area contributed by atoms with Crippen LogP contribution in [-0.4, -0.2) is 28.8 Å². The number of nitrogens with zero attached hydrogens (tertiary/aromatic N) is 2. The molecule has 0 heterocycles. The van der Waals surface area contributed by atoms with E-state index >= 15 is 0 Å². The Morgan fingerprint density at radius 2 is 1.83 bits per heavy atom. The summed E-state index contributed by atoms with van der Waals surface area (Å²) in [5.74, 6) is -0.309. The highest BCUT2D eigenvalue weighted by Crippen LogP contribution is 2.25. The topological polar surface area (TPSA) is 75.5 Å². The molecule has 0 aromatic heterocycles. The van der Waals surface area contributed by atoms with Gasteiger partial charge in [0.1, 0.15) is 0 Å². The molecule has 3 rings (SSSR count). The molecule has 1 N–H and O–H groups in total. The predicted molar refractivity (Wildman–Crippen MR) is 116 cm³/mol. The molecule has 0 atom stereocenters. The number of carbonyl (C=O) groups excluding carboxylic acids is 1. The molecule has 0 saturated heterocycles. The Morgan fingerprint density at radius 1 is 1.14 bits per heavy atom. The van der Waals surface area contributed by atoms with Crippen LogP contribution < -0.4 is 5.32 Å². The summed E-state index contributed by atoms with van der Waals surface area (Å²) in [6.07, 6.45) is 9.15. The molecule has 2 aromatic rings. The van der Waals surface area contributed by atoms with Gasteiger partial charge in [-0.25, -0.2) is 0 Å². The monoisotopic (exact) mass is 393 g/mol. The Morgan fingerprint density at radius 3 is 2.59 bits per heavy atom. The second-order valence-electron chi connectivity index (χ2n) is 7.50. The van der Waals surface area contributed by atoms with Crippen molar-refractivity contribution < 1.29 is 9.72 Å². The zero-order valence-electron chi connectivity index (χ0n) is 16.7. The number of nitro benzene ring substituents is 1. The number of nitrogens with one attached hydrogen (secondary N) is 1. The lowest BCUT2D eigenvalue weighted by Gasteiger charge is -2.31. The van der Waals surface area contributed by atoms with E-state index < -0.39 is 4.92 Å². The second-order valence-corrected chi connectivity index (χ2v) is 7.50. The number of anilines is 1. The van der Waals surface area contributed by atoms with Crippen LogP contribution >= 0.6 is 0 Å². The van der Waals surface area contributed by atoms with Gasteiger partial charge in [0.05, 0.1) is 10.5 Å². The average molecular weight is 393 g/mol. The standard InChI is InChI=1S/C23H27N3O3/c1-25(20-11-3-2-4-12-20)17-19-10-5-7-13-21(19)24-23(27)16-15-18-9-6-8-14-22(18)26(28)29/h5-10,13-16,20H,2-4,11-12,17H2,1H3,(H,24,27)/b16-15+. The number of benzene rings is 2. The summed E-state index contributed by atoms with van der Waals surface area (Å²) in [5.41, 5.74) is 2.21. The van der Waals surface area contributed by atoms with Gasteiger partial charge < -0.3 is 5.32 Å². The molecule has 6 heteroatoms. The summed E-state index contributed by atoms with van der Waals surface area (Å²) in [6, 6.07) is 14.7. The van der Waals surface area contributed by atoms with Crippen LogP contribution in [0.1, 0.15) is 43.2 Å². The van der Waals surface area contributed by atoms with Gasteiger partial charge in [0.2, 0.25) is 5.91 Å². The quantitative estimate of drug-likeness (QED) is 0.407. The Labute approximate surface area is 171 Å². The van der Waals surface area contributed by atoms with Crippen LogP contribution in [0.4, 0.5) is 11.4 Å². The lowest BCUT2D eigenvalue weighted by atomic mass is 9.94. The van der Waals surface area contributed by atoms with E-state index in [-0.39, 0.29) is 11.6 Å². The molecule has 1 fully saturated rings. The van der Waals surface area contributed by atoms with E-state index in [1.165, 1.54) is 50.3 Å². The summed E-state index contributed by atoms with van der Waals surface area (Å²) in [7, 11) is 2.14. The lowest BCUT2D eigenvalue weighted by Crippen LogP contribution is -2.33. The number of carbonyl (C=O) groups is 1. The van der Waals surface area contributed by atoms with Crippen molar-refractivity contribution in [1.29, 1.82) is 0 Å². The number of hydrogen-bond acceptors (Lipinski definition) is 4.